The quantitative estimate of drug-likeness (QED) is 0.754. The Bertz CT molecular complexity index is 388. The standard InChI is InChI=1S/C15H27N3O2/c1-4-7-16-13(5-2)15-18-17-14(20-15)10-11-8-12(9-11)19-6-3/h11-13,16H,4-10H2,1-3H3. The number of ether oxygens (including phenoxy) is 1. The Morgan fingerprint density at radius 3 is 2.75 bits per heavy atom. The lowest BCUT2D eigenvalue weighted by molar-refractivity contribution is -0.0256. The van der Waals surface area contributed by atoms with Crippen LogP contribution in [0.25, 0.3) is 0 Å². The van der Waals surface area contributed by atoms with Crippen molar-refractivity contribution < 1.29 is 9.15 Å². The van der Waals surface area contributed by atoms with E-state index >= 15 is 0 Å². The molecule has 1 unspecified atom stereocenters. The van der Waals surface area contributed by atoms with Gasteiger partial charge in [0.15, 0.2) is 0 Å². The molecule has 0 saturated heterocycles. The molecule has 0 aliphatic heterocycles. The number of nitrogens with zero attached hydrogens (tertiary/aromatic N) is 2. The second-order valence-electron chi connectivity index (χ2n) is 5.57. The fourth-order valence-electron chi connectivity index (χ4n) is 2.67. The van der Waals surface area contributed by atoms with Crippen molar-refractivity contribution in [3.05, 3.63) is 11.8 Å². The summed E-state index contributed by atoms with van der Waals surface area (Å²) < 4.78 is 11.4. The summed E-state index contributed by atoms with van der Waals surface area (Å²) in [5.41, 5.74) is 0. The minimum Gasteiger partial charge on any atom is -0.424 e. The van der Waals surface area contributed by atoms with Gasteiger partial charge in [-0.15, -0.1) is 10.2 Å². The van der Waals surface area contributed by atoms with Gasteiger partial charge in [0.2, 0.25) is 11.8 Å². The number of rotatable bonds is 9. The Hall–Kier alpha value is -0.940. The van der Waals surface area contributed by atoms with Gasteiger partial charge in [0.1, 0.15) is 0 Å². The summed E-state index contributed by atoms with van der Waals surface area (Å²) in [7, 11) is 0. The van der Waals surface area contributed by atoms with Gasteiger partial charge in [0, 0.05) is 13.0 Å². The molecular weight excluding hydrogens is 254 g/mol. The molecule has 2 rings (SSSR count). The van der Waals surface area contributed by atoms with E-state index in [2.05, 4.69) is 29.4 Å². The summed E-state index contributed by atoms with van der Waals surface area (Å²) in [5.74, 6) is 2.15. The van der Waals surface area contributed by atoms with Gasteiger partial charge in [-0.1, -0.05) is 13.8 Å². The third-order valence-corrected chi connectivity index (χ3v) is 3.89. The first-order valence-corrected chi connectivity index (χ1v) is 7.94. The van der Waals surface area contributed by atoms with Gasteiger partial charge in [-0.2, -0.15) is 0 Å². The molecule has 1 aliphatic rings. The average molecular weight is 281 g/mol. The van der Waals surface area contributed by atoms with Gasteiger partial charge in [0.05, 0.1) is 12.1 Å². The van der Waals surface area contributed by atoms with E-state index in [0.717, 1.165) is 57.0 Å². The summed E-state index contributed by atoms with van der Waals surface area (Å²) >= 11 is 0. The maximum Gasteiger partial charge on any atom is 0.233 e. The van der Waals surface area contributed by atoms with Crippen LogP contribution in [0, 0.1) is 5.92 Å². The predicted molar refractivity (Wildman–Crippen MR) is 77.5 cm³/mol. The van der Waals surface area contributed by atoms with Gasteiger partial charge in [-0.3, -0.25) is 0 Å². The Morgan fingerprint density at radius 2 is 2.10 bits per heavy atom. The van der Waals surface area contributed by atoms with Crippen LogP contribution in [-0.4, -0.2) is 29.5 Å². The molecule has 1 atom stereocenters. The highest BCUT2D eigenvalue weighted by atomic mass is 16.5. The molecule has 1 aromatic heterocycles. The number of hydrogen-bond acceptors (Lipinski definition) is 5. The number of hydrogen-bond donors (Lipinski definition) is 1. The topological polar surface area (TPSA) is 60.2 Å². The van der Waals surface area contributed by atoms with Crippen molar-refractivity contribution in [1.29, 1.82) is 0 Å². The summed E-state index contributed by atoms with van der Waals surface area (Å²) in [5, 5.41) is 11.8. The maximum absolute atomic E-state index is 5.81. The largest absolute Gasteiger partial charge is 0.424 e. The Morgan fingerprint density at radius 1 is 1.30 bits per heavy atom. The molecule has 1 aromatic rings. The molecule has 1 aliphatic carbocycles. The van der Waals surface area contributed by atoms with E-state index in [1.54, 1.807) is 0 Å². The minimum absolute atomic E-state index is 0.189. The lowest BCUT2D eigenvalue weighted by Gasteiger charge is -2.34. The molecule has 114 valence electrons. The first-order valence-electron chi connectivity index (χ1n) is 7.94. The van der Waals surface area contributed by atoms with Gasteiger partial charge < -0.3 is 14.5 Å². The fourth-order valence-corrected chi connectivity index (χ4v) is 2.67. The Kier molecular flexibility index (Phi) is 5.98. The molecule has 1 heterocycles. The summed E-state index contributed by atoms with van der Waals surface area (Å²) in [6.07, 6.45) is 5.66. The molecular formula is C15H27N3O2. The second-order valence-corrected chi connectivity index (χ2v) is 5.57. The smallest absolute Gasteiger partial charge is 0.233 e. The van der Waals surface area contributed by atoms with Crippen LogP contribution in [0.5, 0.6) is 0 Å². The zero-order valence-electron chi connectivity index (χ0n) is 12.9. The Balaban J connectivity index is 1.80. The Labute approximate surface area is 121 Å². The van der Waals surface area contributed by atoms with Gasteiger partial charge in [-0.25, -0.2) is 0 Å². The van der Waals surface area contributed by atoms with E-state index in [1.165, 1.54) is 0 Å². The van der Waals surface area contributed by atoms with Gasteiger partial charge in [-0.05, 0) is 45.1 Å². The number of aromatic nitrogens is 2. The van der Waals surface area contributed by atoms with E-state index in [4.69, 9.17) is 9.15 Å². The van der Waals surface area contributed by atoms with Crippen LogP contribution in [-0.2, 0) is 11.2 Å². The molecule has 5 heteroatoms. The van der Waals surface area contributed by atoms with Crippen LogP contribution in [0.2, 0.25) is 0 Å². The summed E-state index contributed by atoms with van der Waals surface area (Å²) in [4.78, 5) is 0. The zero-order chi connectivity index (χ0) is 14.4. The monoisotopic (exact) mass is 281 g/mol. The zero-order valence-corrected chi connectivity index (χ0v) is 12.9. The molecule has 1 N–H and O–H groups in total. The molecule has 20 heavy (non-hydrogen) atoms. The predicted octanol–water partition coefficient (Wildman–Crippen LogP) is 2.88. The van der Waals surface area contributed by atoms with E-state index in [1.807, 2.05) is 6.92 Å². The first-order chi connectivity index (χ1) is 9.76. The number of nitrogens with one attached hydrogen (secondary N) is 1. The van der Waals surface area contributed by atoms with Gasteiger partial charge >= 0.3 is 0 Å². The third kappa shape index (κ3) is 4.03. The third-order valence-electron chi connectivity index (χ3n) is 3.89. The fraction of sp³-hybridized carbons (Fsp3) is 0.867. The van der Waals surface area contributed by atoms with Crippen molar-refractivity contribution in [2.45, 2.75) is 65.0 Å². The molecule has 1 saturated carbocycles. The van der Waals surface area contributed by atoms with E-state index in [-0.39, 0.29) is 6.04 Å². The highest BCUT2D eigenvalue weighted by molar-refractivity contribution is 4.93. The molecule has 0 bridgehead atoms. The first kappa shape index (κ1) is 15.4. The van der Waals surface area contributed by atoms with Crippen LogP contribution in [0.15, 0.2) is 4.42 Å². The van der Waals surface area contributed by atoms with Crippen molar-refractivity contribution in [3.63, 3.8) is 0 Å². The van der Waals surface area contributed by atoms with Crippen molar-refractivity contribution in [2.24, 2.45) is 5.92 Å². The molecule has 1 fully saturated rings. The van der Waals surface area contributed by atoms with Crippen molar-refractivity contribution in [1.82, 2.24) is 15.5 Å². The molecule has 0 aromatic carbocycles. The summed E-state index contributed by atoms with van der Waals surface area (Å²) in [6, 6.07) is 0.189. The van der Waals surface area contributed by atoms with Crippen LogP contribution in [0.4, 0.5) is 0 Å². The van der Waals surface area contributed by atoms with E-state index < -0.39 is 0 Å². The lowest BCUT2D eigenvalue weighted by Crippen LogP contribution is -2.32. The molecule has 0 spiro atoms. The minimum atomic E-state index is 0.189. The van der Waals surface area contributed by atoms with Gasteiger partial charge in [0.25, 0.3) is 0 Å². The maximum atomic E-state index is 5.81. The molecule has 0 amide bonds. The van der Waals surface area contributed by atoms with Crippen molar-refractivity contribution in [2.75, 3.05) is 13.2 Å². The highest BCUT2D eigenvalue weighted by Crippen LogP contribution is 2.32. The lowest BCUT2D eigenvalue weighted by atomic mass is 9.80. The summed E-state index contributed by atoms with van der Waals surface area (Å²) in [6.45, 7) is 8.13. The highest BCUT2D eigenvalue weighted by Gasteiger charge is 2.31. The van der Waals surface area contributed by atoms with Crippen LogP contribution in [0.1, 0.15) is 64.3 Å². The average Bonchev–Trinajstić information content (AvgIpc) is 2.86. The molecule has 5 nitrogen and oxygen atoms in total. The van der Waals surface area contributed by atoms with Crippen molar-refractivity contribution in [3.8, 4) is 0 Å². The second kappa shape index (κ2) is 7.74. The SMILES string of the molecule is CCCNC(CC)c1nnc(CC2CC(OCC)C2)o1. The van der Waals surface area contributed by atoms with Crippen LogP contribution < -0.4 is 5.32 Å². The normalized spacial score (nSPS) is 23.6. The van der Waals surface area contributed by atoms with Crippen molar-refractivity contribution >= 4 is 0 Å². The van der Waals surface area contributed by atoms with E-state index in [0.29, 0.717) is 12.0 Å². The van der Waals surface area contributed by atoms with E-state index in [9.17, 15) is 0 Å². The van der Waals surface area contributed by atoms with Crippen LogP contribution >= 0.6 is 0 Å². The van der Waals surface area contributed by atoms with Crippen LogP contribution in [0.3, 0.4) is 0 Å². The molecule has 0 radical (unpaired) electrons.